The van der Waals surface area contributed by atoms with Crippen molar-refractivity contribution in [1.29, 1.82) is 0 Å². The molecule has 0 radical (unpaired) electrons. The summed E-state index contributed by atoms with van der Waals surface area (Å²) in [5, 5.41) is 0. The molecule has 64 heavy (non-hydrogen) atoms. The van der Waals surface area contributed by atoms with Crippen molar-refractivity contribution in [3.05, 3.63) is 109 Å². The first-order valence-electron chi connectivity index (χ1n) is 26.0. The first kappa shape index (κ1) is 60.1. The zero-order valence-corrected chi connectivity index (χ0v) is 41.3. The summed E-state index contributed by atoms with van der Waals surface area (Å²) in [6.07, 6.45) is 69.4. The van der Waals surface area contributed by atoms with E-state index in [1.807, 2.05) is 54.7 Å². The topological polar surface area (TPSA) is 78.9 Å². The SMILES string of the molecule is CC\C=C/C=C\C=C/C=C\C=C/CCCC(=O)OCC(COC(=O)CCCCCCCCC/C=C\CCCCCCCCCC)OC(=O)CCCCCC/C=C\C/C=C\C/C=C\CC. The van der Waals surface area contributed by atoms with E-state index in [-0.39, 0.29) is 44.0 Å². The summed E-state index contributed by atoms with van der Waals surface area (Å²) in [5.74, 6) is -1.02. The Morgan fingerprint density at radius 1 is 0.344 bits per heavy atom. The highest BCUT2D eigenvalue weighted by molar-refractivity contribution is 5.71. The average molecular weight is 887 g/mol. The zero-order chi connectivity index (χ0) is 46.5. The van der Waals surface area contributed by atoms with Gasteiger partial charge in [0.25, 0.3) is 0 Å². The monoisotopic (exact) mass is 887 g/mol. The number of rotatable bonds is 45. The van der Waals surface area contributed by atoms with Crippen LogP contribution in [0.15, 0.2) is 109 Å². The molecule has 0 saturated carbocycles. The van der Waals surface area contributed by atoms with E-state index in [0.29, 0.717) is 12.8 Å². The number of hydrogen-bond donors (Lipinski definition) is 0. The molecule has 6 heteroatoms. The fraction of sp³-hybridized carbons (Fsp3) is 0.638. The van der Waals surface area contributed by atoms with Crippen LogP contribution < -0.4 is 0 Å². The van der Waals surface area contributed by atoms with Gasteiger partial charge in [-0.1, -0.05) is 220 Å². The van der Waals surface area contributed by atoms with Gasteiger partial charge >= 0.3 is 17.9 Å². The summed E-state index contributed by atoms with van der Waals surface area (Å²) in [7, 11) is 0. The Labute approximate surface area is 393 Å². The lowest BCUT2D eigenvalue weighted by Crippen LogP contribution is -2.30. The van der Waals surface area contributed by atoms with E-state index in [4.69, 9.17) is 14.2 Å². The van der Waals surface area contributed by atoms with Gasteiger partial charge in [-0.25, -0.2) is 0 Å². The summed E-state index contributed by atoms with van der Waals surface area (Å²) in [6, 6.07) is 0. The maximum Gasteiger partial charge on any atom is 0.306 e. The highest BCUT2D eigenvalue weighted by Gasteiger charge is 2.19. The fourth-order valence-corrected chi connectivity index (χ4v) is 6.77. The van der Waals surface area contributed by atoms with Crippen molar-refractivity contribution in [2.24, 2.45) is 0 Å². The molecule has 0 aliphatic carbocycles. The molecule has 0 aromatic carbocycles. The Bertz CT molecular complexity index is 1340. The van der Waals surface area contributed by atoms with Crippen molar-refractivity contribution < 1.29 is 28.6 Å². The molecule has 0 N–H and O–H groups in total. The van der Waals surface area contributed by atoms with Gasteiger partial charge in [0.2, 0.25) is 0 Å². The van der Waals surface area contributed by atoms with Gasteiger partial charge in [0.05, 0.1) is 0 Å². The van der Waals surface area contributed by atoms with Crippen LogP contribution >= 0.6 is 0 Å². The number of carbonyl (C=O) groups excluding carboxylic acids is 3. The van der Waals surface area contributed by atoms with Crippen LogP contribution in [0.1, 0.15) is 220 Å². The van der Waals surface area contributed by atoms with Crippen LogP contribution in [0.3, 0.4) is 0 Å². The summed E-state index contributed by atoms with van der Waals surface area (Å²) < 4.78 is 16.7. The lowest BCUT2D eigenvalue weighted by atomic mass is 10.1. The van der Waals surface area contributed by atoms with E-state index < -0.39 is 6.10 Å². The molecule has 0 bridgehead atoms. The molecule has 0 aromatic rings. The largest absolute Gasteiger partial charge is 0.462 e. The number of carbonyl (C=O) groups is 3. The molecule has 0 spiro atoms. The Morgan fingerprint density at radius 2 is 0.703 bits per heavy atom. The molecular weight excluding hydrogens is 793 g/mol. The summed E-state index contributed by atoms with van der Waals surface area (Å²) in [5.41, 5.74) is 0. The molecule has 0 aliphatic rings. The molecular formula is C58H94O6. The van der Waals surface area contributed by atoms with Gasteiger partial charge in [-0.3, -0.25) is 14.4 Å². The van der Waals surface area contributed by atoms with Crippen LogP contribution in [-0.4, -0.2) is 37.2 Å². The summed E-state index contributed by atoms with van der Waals surface area (Å²) in [4.78, 5) is 37.9. The molecule has 0 aliphatic heterocycles. The van der Waals surface area contributed by atoms with Crippen molar-refractivity contribution in [1.82, 2.24) is 0 Å². The van der Waals surface area contributed by atoms with Crippen molar-refractivity contribution in [3.63, 3.8) is 0 Å². The molecule has 0 amide bonds. The van der Waals surface area contributed by atoms with E-state index in [1.165, 1.54) is 89.9 Å². The van der Waals surface area contributed by atoms with E-state index in [2.05, 4.69) is 75.5 Å². The van der Waals surface area contributed by atoms with Gasteiger partial charge in [0.15, 0.2) is 6.10 Å². The molecule has 0 heterocycles. The Balaban J connectivity index is 4.48. The molecule has 6 nitrogen and oxygen atoms in total. The summed E-state index contributed by atoms with van der Waals surface area (Å²) >= 11 is 0. The van der Waals surface area contributed by atoms with Crippen LogP contribution in [0.25, 0.3) is 0 Å². The van der Waals surface area contributed by atoms with Crippen molar-refractivity contribution in [2.45, 2.75) is 226 Å². The van der Waals surface area contributed by atoms with Crippen LogP contribution in [-0.2, 0) is 28.6 Å². The van der Waals surface area contributed by atoms with E-state index in [1.54, 1.807) is 0 Å². The molecule has 0 fully saturated rings. The van der Waals surface area contributed by atoms with Crippen LogP contribution in [0.4, 0.5) is 0 Å². The van der Waals surface area contributed by atoms with Crippen LogP contribution in [0.5, 0.6) is 0 Å². The maximum atomic E-state index is 12.8. The predicted octanol–water partition coefficient (Wildman–Crippen LogP) is 17.1. The summed E-state index contributed by atoms with van der Waals surface area (Å²) in [6.45, 7) is 6.28. The Morgan fingerprint density at radius 3 is 1.20 bits per heavy atom. The smallest absolute Gasteiger partial charge is 0.306 e. The third-order valence-corrected chi connectivity index (χ3v) is 10.6. The molecule has 0 saturated heterocycles. The van der Waals surface area contributed by atoms with Crippen molar-refractivity contribution in [3.8, 4) is 0 Å². The predicted molar refractivity (Wildman–Crippen MR) is 274 cm³/mol. The second-order valence-corrected chi connectivity index (χ2v) is 16.8. The van der Waals surface area contributed by atoms with Gasteiger partial charge in [-0.2, -0.15) is 0 Å². The number of ether oxygens (including phenoxy) is 3. The lowest BCUT2D eigenvalue weighted by molar-refractivity contribution is -0.167. The van der Waals surface area contributed by atoms with Crippen LogP contribution in [0.2, 0.25) is 0 Å². The number of allylic oxidation sites excluding steroid dienone is 18. The van der Waals surface area contributed by atoms with Gasteiger partial charge in [0, 0.05) is 19.3 Å². The maximum absolute atomic E-state index is 12.8. The third kappa shape index (κ3) is 49.1. The minimum absolute atomic E-state index is 0.114. The van der Waals surface area contributed by atoms with E-state index in [0.717, 1.165) is 83.5 Å². The number of unbranched alkanes of at least 4 members (excludes halogenated alkanes) is 20. The first-order valence-corrected chi connectivity index (χ1v) is 26.0. The standard InChI is InChI=1S/C58H94O6/c1-4-7-10-13-16-19-22-25-27-28-29-30-31-34-36-39-42-45-48-51-57(60)63-54-55(53-62-56(59)50-47-44-41-38-35-32-24-21-18-15-12-9-6-3)64-58(61)52-49-46-43-40-37-33-26-23-20-17-14-11-8-5-2/h8-9,11-12,15,17-18,20-21,24,26,28-29,32-33,35,38,41,55H,4-7,10,13-14,16,19,22-23,25,27,30-31,34,36-37,39-40,42-54H2,1-3H3/b11-8-,12-9-,18-15-,20-17-,24-21-,29-28-,33-26-,35-32-,41-38-. The molecule has 0 aromatic heterocycles. The minimum Gasteiger partial charge on any atom is -0.462 e. The first-order chi connectivity index (χ1) is 31.5. The van der Waals surface area contributed by atoms with Crippen LogP contribution in [0, 0.1) is 0 Å². The fourth-order valence-electron chi connectivity index (χ4n) is 6.77. The highest BCUT2D eigenvalue weighted by Crippen LogP contribution is 2.14. The third-order valence-electron chi connectivity index (χ3n) is 10.6. The minimum atomic E-state index is -0.821. The molecule has 1 unspecified atom stereocenters. The number of esters is 3. The Kier molecular flexibility index (Phi) is 48.5. The van der Waals surface area contributed by atoms with Gasteiger partial charge < -0.3 is 14.2 Å². The molecule has 1 atom stereocenters. The van der Waals surface area contributed by atoms with Gasteiger partial charge in [-0.15, -0.1) is 0 Å². The van der Waals surface area contributed by atoms with Crippen molar-refractivity contribution >= 4 is 17.9 Å². The highest BCUT2D eigenvalue weighted by atomic mass is 16.6. The lowest BCUT2D eigenvalue weighted by Gasteiger charge is -2.18. The van der Waals surface area contributed by atoms with Crippen molar-refractivity contribution in [2.75, 3.05) is 13.2 Å². The second kappa shape index (κ2) is 51.7. The van der Waals surface area contributed by atoms with Gasteiger partial charge in [0.1, 0.15) is 13.2 Å². The van der Waals surface area contributed by atoms with E-state index >= 15 is 0 Å². The normalized spacial score (nSPS) is 13.0. The number of hydrogen-bond acceptors (Lipinski definition) is 6. The zero-order valence-electron chi connectivity index (χ0n) is 41.3. The quantitative estimate of drug-likeness (QED) is 0.0199. The Hall–Kier alpha value is -3.93. The molecule has 362 valence electrons. The second-order valence-electron chi connectivity index (χ2n) is 16.8. The average Bonchev–Trinajstić information content (AvgIpc) is 3.29. The van der Waals surface area contributed by atoms with E-state index in [9.17, 15) is 14.4 Å². The van der Waals surface area contributed by atoms with Gasteiger partial charge in [-0.05, 0) is 89.9 Å². The molecule has 0 rings (SSSR count).